The van der Waals surface area contributed by atoms with Gasteiger partial charge in [-0.25, -0.2) is 13.6 Å². The molecule has 0 unspecified atom stereocenters. The summed E-state index contributed by atoms with van der Waals surface area (Å²) in [4.78, 5) is 28.7. The standard InChI is InChI=1S/C38H38F8N8O3S/c1-2-54(21-7-11-51(17-21)35(55)52-9-4-12-56-19-52)33-23-13-25(37(41,42)43)28(22-5-6-26(40)31-27(22)24(15-47)32(48)58-31)29(38(44,45)46)30(23)49-34(50-33)57-18-36-8-3-10-53(36)16-20(39)14-36/h5-6,13,20-21H,2-4,7-12,14,16-19,48H2,1H3/t20-,21+,36+/m1/s1. The third-order valence-corrected chi connectivity index (χ3v) is 12.7. The molecule has 3 atom stereocenters. The number of aromatic nitrogens is 2. The van der Waals surface area contributed by atoms with E-state index in [1.165, 1.54) is 4.90 Å². The van der Waals surface area contributed by atoms with Gasteiger partial charge < -0.3 is 29.9 Å². The molecule has 2 N–H and O–H groups in total. The van der Waals surface area contributed by atoms with Gasteiger partial charge in [-0.05, 0) is 56.8 Å². The number of carbonyl (C=O) groups excluding carboxylic acids is 1. The van der Waals surface area contributed by atoms with E-state index < -0.39 is 90.7 Å². The number of alkyl halides is 7. The lowest BCUT2D eigenvalue weighted by atomic mass is 9.88. The Kier molecular flexibility index (Phi) is 10.2. The maximum Gasteiger partial charge on any atom is 0.419 e. The molecular weight excluding hydrogens is 801 g/mol. The number of rotatable bonds is 7. The number of amides is 2. The van der Waals surface area contributed by atoms with Crippen LogP contribution in [-0.2, 0) is 17.1 Å². The van der Waals surface area contributed by atoms with E-state index in [0.717, 1.165) is 18.6 Å². The van der Waals surface area contributed by atoms with E-state index in [9.17, 15) is 14.4 Å². The number of nitrogens with zero attached hydrogens (tertiary/aromatic N) is 7. The monoisotopic (exact) mass is 838 g/mol. The first-order valence-corrected chi connectivity index (χ1v) is 19.7. The Labute approximate surface area is 330 Å². The van der Waals surface area contributed by atoms with E-state index in [2.05, 4.69) is 9.97 Å². The van der Waals surface area contributed by atoms with Crippen molar-refractivity contribution in [3.63, 3.8) is 0 Å². The van der Waals surface area contributed by atoms with Crippen LogP contribution in [-0.4, -0.2) is 108 Å². The lowest BCUT2D eigenvalue weighted by Gasteiger charge is -2.33. The highest BCUT2D eigenvalue weighted by Gasteiger charge is 2.50. The molecule has 4 aromatic rings. The fourth-order valence-corrected chi connectivity index (χ4v) is 10.1. The Hall–Kier alpha value is -4.74. The first-order chi connectivity index (χ1) is 27.5. The minimum absolute atomic E-state index is 0.0507. The number of nitrogens with two attached hydrogens (primary N) is 1. The Morgan fingerprint density at radius 3 is 2.60 bits per heavy atom. The number of likely N-dealkylation sites (N-methyl/N-ethyl adjacent to an activating group) is 1. The molecule has 0 radical (unpaired) electrons. The van der Waals surface area contributed by atoms with Gasteiger partial charge >= 0.3 is 24.4 Å². The number of carbonyl (C=O) groups is 1. The molecule has 310 valence electrons. The van der Waals surface area contributed by atoms with Gasteiger partial charge in [0.05, 0.1) is 39.1 Å². The molecule has 0 saturated carbocycles. The van der Waals surface area contributed by atoms with Crippen LogP contribution >= 0.6 is 11.3 Å². The molecule has 6 heterocycles. The van der Waals surface area contributed by atoms with Crippen molar-refractivity contribution >= 4 is 49.2 Å². The van der Waals surface area contributed by atoms with E-state index in [-0.39, 0.29) is 62.8 Å². The average molecular weight is 839 g/mol. The molecule has 4 saturated heterocycles. The second-order valence-corrected chi connectivity index (χ2v) is 16.2. The van der Waals surface area contributed by atoms with Gasteiger partial charge in [0.15, 0.2) is 0 Å². The number of hydrogen-bond acceptors (Lipinski definition) is 10. The minimum Gasteiger partial charge on any atom is -0.461 e. The van der Waals surface area contributed by atoms with Crippen molar-refractivity contribution in [1.82, 2.24) is 24.7 Å². The van der Waals surface area contributed by atoms with Gasteiger partial charge in [-0.3, -0.25) is 4.90 Å². The molecule has 11 nitrogen and oxygen atoms in total. The lowest BCUT2D eigenvalue weighted by Crippen LogP contribution is -2.47. The van der Waals surface area contributed by atoms with Gasteiger partial charge in [-0.1, -0.05) is 6.07 Å². The third kappa shape index (κ3) is 6.87. The predicted molar refractivity (Wildman–Crippen MR) is 199 cm³/mol. The molecule has 20 heteroatoms. The van der Waals surface area contributed by atoms with Crippen LogP contribution in [0.5, 0.6) is 6.01 Å². The number of thiophene rings is 1. The number of halogens is 8. The van der Waals surface area contributed by atoms with E-state index >= 15 is 30.7 Å². The Bertz CT molecular complexity index is 2310. The van der Waals surface area contributed by atoms with E-state index in [0.29, 0.717) is 56.4 Å². The second kappa shape index (κ2) is 14.8. The Morgan fingerprint density at radius 1 is 1.12 bits per heavy atom. The molecule has 0 aliphatic carbocycles. The number of anilines is 2. The number of benzene rings is 2. The van der Waals surface area contributed by atoms with Crippen molar-refractivity contribution in [3.8, 4) is 23.2 Å². The maximum atomic E-state index is 15.8. The van der Waals surface area contributed by atoms with Crippen molar-refractivity contribution in [2.75, 3.05) is 69.8 Å². The van der Waals surface area contributed by atoms with Crippen LogP contribution < -0.4 is 15.4 Å². The molecule has 4 aliphatic heterocycles. The van der Waals surface area contributed by atoms with Crippen LogP contribution in [0.3, 0.4) is 0 Å². The van der Waals surface area contributed by atoms with Crippen molar-refractivity contribution in [3.05, 3.63) is 40.7 Å². The number of ether oxygens (including phenoxy) is 2. The molecule has 4 aliphatic rings. The normalized spacial score (nSPS) is 22.9. The highest BCUT2D eigenvalue weighted by atomic mass is 32.1. The summed E-state index contributed by atoms with van der Waals surface area (Å²) in [6.45, 7) is 3.66. The van der Waals surface area contributed by atoms with Gasteiger partial charge in [0, 0.05) is 61.5 Å². The second-order valence-electron chi connectivity index (χ2n) is 15.1. The minimum atomic E-state index is -5.52. The van der Waals surface area contributed by atoms with Crippen molar-refractivity contribution in [1.29, 1.82) is 5.26 Å². The summed E-state index contributed by atoms with van der Waals surface area (Å²) < 4.78 is 134. The zero-order valence-corrected chi connectivity index (χ0v) is 32.0. The molecule has 2 aromatic heterocycles. The van der Waals surface area contributed by atoms with Gasteiger partial charge in [0.1, 0.15) is 42.2 Å². The smallest absolute Gasteiger partial charge is 0.419 e. The molecule has 0 bridgehead atoms. The number of hydrogen-bond donors (Lipinski definition) is 1. The van der Waals surface area contributed by atoms with E-state index in [1.807, 2.05) is 4.90 Å². The summed E-state index contributed by atoms with van der Waals surface area (Å²) >= 11 is 0.529. The van der Waals surface area contributed by atoms with Crippen LogP contribution in [0, 0.1) is 17.1 Å². The lowest BCUT2D eigenvalue weighted by molar-refractivity contribution is -0.141. The molecule has 2 amide bonds. The molecule has 8 rings (SSSR count). The Balaban J connectivity index is 1.35. The molecule has 0 spiro atoms. The quantitative estimate of drug-likeness (QED) is 0.186. The fraction of sp³-hybridized carbons (Fsp3) is 0.526. The Morgan fingerprint density at radius 2 is 1.91 bits per heavy atom. The average Bonchev–Trinajstić information content (AvgIpc) is 3.96. The third-order valence-electron chi connectivity index (χ3n) is 11.7. The largest absolute Gasteiger partial charge is 0.461 e. The zero-order chi connectivity index (χ0) is 41.3. The van der Waals surface area contributed by atoms with Crippen molar-refractivity contribution in [2.24, 2.45) is 0 Å². The first-order valence-electron chi connectivity index (χ1n) is 18.9. The van der Waals surface area contributed by atoms with Crippen LogP contribution in [0.25, 0.3) is 32.1 Å². The predicted octanol–water partition coefficient (Wildman–Crippen LogP) is 7.80. The van der Waals surface area contributed by atoms with Crippen molar-refractivity contribution < 1.29 is 49.4 Å². The van der Waals surface area contributed by atoms with Crippen molar-refractivity contribution in [2.45, 2.75) is 69.1 Å². The maximum absolute atomic E-state index is 15.8. The number of nitrogen functional groups attached to an aromatic ring is 1. The SMILES string of the molecule is CCN(c1nc(OC[C@@]23CCCN2C[C@H](F)C3)nc2c(C(F)(F)F)c(-c3ccc(F)c4sc(N)c(C#N)c34)c(C(F)(F)F)cc12)[C@H]1CCN(C(=O)N2CCCOC2)C1. The highest BCUT2D eigenvalue weighted by Crippen LogP contribution is 2.52. The van der Waals surface area contributed by atoms with Crippen LogP contribution in [0.4, 0.5) is 50.7 Å². The highest BCUT2D eigenvalue weighted by molar-refractivity contribution is 7.23. The van der Waals surface area contributed by atoms with E-state index in [1.54, 1.807) is 22.8 Å². The zero-order valence-electron chi connectivity index (χ0n) is 31.2. The van der Waals surface area contributed by atoms with Crippen LogP contribution in [0.15, 0.2) is 18.2 Å². The number of nitriles is 1. The fourth-order valence-electron chi connectivity index (χ4n) is 9.15. The summed E-state index contributed by atoms with van der Waals surface area (Å²) in [6, 6.07) is 2.29. The summed E-state index contributed by atoms with van der Waals surface area (Å²) in [5.41, 5.74) is -1.85. The molecule has 4 fully saturated rings. The molecule has 2 aromatic carbocycles. The van der Waals surface area contributed by atoms with Gasteiger partial charge in [0.25, 0.3) is 0 Å². The number of urea groups is 1. The van der Waals surface area contributed by atoms with Gasteiger partial charge in [-0.15, -0.1) is 11.3 Å². The summed E-state index contributed by atoms with van der Waals surface area (Å²) in [5.74, 6) is -1.28. The van der Waals surface area contributed by atoms with E-state index in [4.69, 9.17) is 15.2 Å². The van der Waals surface area contributed by atoms with Gasteiger partial charge in [-0.2, -0.15) is 41.6 Å². The molecular formula is C38H38F8N8O3S. The number of likely N-dealkylation sites (tertiary alicyclic amines) is 1. The molecule has 58 heavy (non-hydrogen) atoms. The topological polar surface area (TPSA) is 124 Å². The summed E-state index contributed by atoms with van der Waals surface area (Å²) in [7, 11) is 0. The number of fused-ring (bicyclic) bond motifs is 3. The van der Waals surface area contributed by atoms with Gasteiger partial charge in [0.2, 0.25) is 0 Å². The van der Waals surface area contributed by atoms with Crippen LogP contribution in [0.1, 0.15) is 55.7 Å². The summed E-state index contributed by atoms with van der Waals surface area (Å²) in [5, 5.41) is 8.54. The van der Waals surface area contributed by atoms with Crippen LogP contribution in [0.2, 0.25) is 0 Å². The first kappa shape index (κ1) is 40.1. The summed E-state index contributed by atoms with van der Waals surface area (Å²) in [6.07, 6.45) is -9.77.